The van der Waals surface area contributed by atoms with Crippen LogP contribution in [-0.4, -0.2) is 19.6 Å². The second-order valence-corrected chi connectivity index (χ2v) is 5.60. The van der Waals surface area contributed by atoms with Gasteiger partial charge in [-0.25, -0.2) is 14.5 Å². The van der Waals surface area contributed by atoms with Crippen LogP contribution in [0.15, 0.2) is 51.3 Å². The summed E-state index contributed by atoms with van der Waals surface area (Å²) in [5.74, 6) is 0. The number of anilines is 1. The number of benzene rings is 1. The third kappa shape index (κ3) is 2.11. The van der Waals surface area contributed by atoms with Crippen molar-refractivity contribution in [3.63, 3.8) is 0 Å². The van der Waals surface area contributed by atoms with Gasteiger partial charge in [-0.1, -0.05) is 0 Å². The number of hydrogen-bond donors (Lipinski definition) is 1. The fourth-order valence-corrected chi connectivity index (χ4v) is 2.96. The summed E-state index contributed by atoms with van der Waals surface area (Å²) in [4.78, 5) is 8.81. The number of fused-ring (bicyclic) bond motifs is 2. The maximum absolute atomic E-state index is 5.74. The number of nitrogens with two attached hydrogens (primary N) is 1. The molecule has 0 bridgehead atoms. The minimum Gasteiger partial charge on any atom is -0.431 e. The van der Waals surface area contributed by atoms with E-state index in [1.165, 1.54) is 11.8 Å². The number of nitrogens with zero attached hydrogens (tertiary/aromatic N) is 4. The van der Waals surface area contributed by atoms with Crippen molar-refractivity contribution in [2.75, 3.05) is 5.73 Å². The molecule has 0 spiro atoms. The van der Waals surface area contributed by atoms with E-state index >= 15 is 0 Å². The normalized spacial score (nSPS) is 11.5. The van der Waals surface area contributed by atoms with Gasteiger partial charge in [0.25, 0.3) is 5.22 Å². The molecule has 2 N–H and O–H groups in total. The van der Waals surface area contributed by atoms with Gasteiger partial charge in [-0.2, -0.15) is 5.10 Å². The van der Waals surface area contributed by atoms with Crippen LogP contribution in [-0.2, 0) is 0 Å². The Labute approximate surface area is 124 Å². The van der Waals surface area contributed by atoms with Gasteiger partial charge < -0.3 is 10.2 Å². The molecule has 0 saturated heterocycles. The zero-order valence-electron chi connectivity index (χ0n) is 11.1. The standard InChI is InChI=1S/C14H11N5OS/c1-8-6-11-13(16-4-5-19(11)18-8)21-14-17-10-3-2-9(15)7-12(10)20-14/h2-7H,15H2,1H3. The Morgan fingerprint density at radius 2 is 2.19 bits per heavy atom. The summed E-state index contributed by atoms with van der Waals surface area (Å²) in [6.45, 7) is 1.95. The van der Waals surface area contributed by atoms with Gasteiger partial charge in [-0.3, -0.25) is 0 Å². The maximum atomic E-state index is 5.74. The van der Waals surface area contributed by atoms with Gasteiger partial charge in [0.2, 0.25) is 0 Å². The zero-order valence-corrected chi connectivity index (χ0v) is 12.0. The molecule has 21 heavy (non-hydrogen) atoms. The van der Waals surface area contributed by atoms with Crippen molar-refractivity contribution in [1.82, 2.24) is 19.6 Å². The summed E-state index contributed by atoms with van der Waals surface area (Å²) >= 11 is 1.37. The van der Waals surface area contributed by atoms with E-state index in [0.29, 0.717) is 16.5 Å². The first-order valence-electron chi connectivity index (χ1n) is 6.34. The predicted octanol–water partition coefficient (Wildman–Crippen LogP) is 2.91. The number of aryl methyl sites for hydroxylation is 1. The van der Waals surface area contributed by atoms with Gasteiger partial charge >= 0.3 is 0 Å². The monoisotopic (exact) mass is 297 g/mol. The Bertz CT molecular complexity index is 958. The first-order chi connectivity index (χ1) is 10.2. The molecule has 0 unspecified atom stereocenters. The van der Waals surface area contributed by atoms with E-state index < -0.39 is 0 Å². The average Bonchev–Trinajstić information content (AvgIpc) is 3.01. The van der Waals surface area contributed by atoms with Crippen LogP contribution in [0.3, 0.4) is 0 Å². The lowest BCUT2D eigenvalue weighted by Gasteiger charge is -1.98. The second kappa shape index (κ2) is 4.49. The largest absolute Gasteiger partial charge is 0.431 e. The van der Waals surface area contributed by atoms with Gasteiger partial charge in [0, 0.05) is 24.1 Å². The van der Waals surface area contributed by atoms with Gasteiger partial charge in [-0.15, -0.1) is 0 Å². The smallest absolute Gasteiger partial charge is 0.263 e. The van der Waals surface area contributed by atoms with Gasteiger partial charge in [0.15, 0.2) is 5.58 Å². The molecule has 0 fully saturated rings. The molecule has 0 amide bonds. The Balaban J connectivity index is 1.78. The van der Waals surface area contributed by atoms with Crippen LogP contribution in [0.25, 0.3) is 16.6 Å². The molecular formula is C14H11N5OS. The van der Waals surface area contributed by atoms with E-state index in [4.69, 9.17) is 10.2 Å². The Hall–Kier alpha value is -2.54. The fraction of sp³-hybridized carbons (Fsp3) is 0.0714. The lowest BCUT2D eigenvalue weighted by molar-refractivity contribution is 0.489. The van der Waals surface area contributed by atoms with Crippen molar-refractivity contribution in [2.24, 2.45) is 0 Å². The summed E-state index contributed by atoms with van der Waals surface area (Å²) in [7, 11) is 0. The highest BCUT2D eigenvalue weighted by molar-refractivity contribution is 7.99. The molecule has 0 radical (unpaired) electrons. The number of hydrogen-bond acceptors (Lipinski definition) is 6. The van der Waals surface area contributed by atoms with E-state index in [9.17, 15) is 0 Å². The van der Waals surface area contributed by atoms with Crippen molar-refractivity contribution in [3.8, 4) is 0 Å². The fourth-order valence-electron chi connectivity index (χ4n) is 2.15. The maximum Gasteiger partial charge on any atom is 0.263 e. The molecule has 6 nitrogen and oxygen atoms in total. The molecule has 4 rings (SSSR count). The van der Waals surface area contributed by atoms with E-state index in [-0.39, 0.29) is 0 Å². The summed E-state index contributed by atoms with van der Waals surface area (Å²) in [5.41, 5.74) is 9.73. The minimum absolute atomic E-state index is 0.537. The molecule has 4 aromatic rings. The summed E-state index contributed by atoms with van der Waals surface area (Å²) in [6, 6.07) is 7.40. The van der Waals surface area contributed by atoms with Gasteiger partial charge in [0.1, 0.15) is 10.5 Å². The first kappa shape index (κ1) is 12.2. The molecule has 7 heteroatoms. The molecule has 3 aromatic heterocycles. The molecule has 104 valence electrons. The van der Waals surface area contributed by atoms with Crippen LogP contribution >= 0.6 is 11.8 Å². The van der Waals surface area contributed by atoms with Crippen LogP contribution in [0, 0.1) is 6.92 Å². The molecule has 1 aromatic carbocycles. The van der Waals surface area contributed by atoms with Crippen molar-refractivity contribution in [2.45, 2.75) is 17.2 Å². The van der Waals surface area contributed by atoms with Gasteiger partial charge in [0.05, 0.1) is 11.2 Å². The Morgan fingerprint density at radius 3 is 3.10 bits per heavy atom. The van der Waals surface area contributed by atoms with Crippen LogP contribution < -0.4 is 5.73 Å². The van der Waals surface area contributed by atoms with Crippen LogP contribution in [0.1, 0.15) is 5.69 Å². The van der Waals surface area contributed by atoms with Crippen LogP contribution in [0.4, 0.5) is 5.69 Å². The summed E-state index contributed by atoms with van der Waals surface area (Å²) < 4.78 is 7.51. The van der Waals surface area contributed by atoms with Crippen molar-refractivity contribution in [1.29, 1.82) is 0 Å². The number of oxazole rings is 1. The molecular weight excluding hydrogens is 286 g/mol. The quantitative estimate of drug-likeness (QED) is 0.573. The average molecular weight is 297 g/mol. The van der Waals surface area contributed by atoms with E-state index in [1.807, 2.05) is 25.3 Å². The summed E-state index contributed by atoms with van der Waals surface area (Å²) in [6.07, 6.45) is 3.53. The third-order valence-electron chi connectivity index (χ3n) is 3.05. The van der Waals surface area contributed by atoms with Crippen molar-refractivity contribution < 1.29 is 4.42 Å². The van der Waals surface area contributed by atoms with E-state index in [1.54, 1.807) is 22.8 Å². The van der Waals surface area contributed by atoms with Crippen LogP contribution in [0.2, 0.25) is 0 Å². The third-order valence-corrected chi connectivity index (χ3v) is 3.91. The molecule has 3 heterocycles. The number of rotatable bonds is 2. The highest BCUT2D eigenvalue weighted by Crippen LogP contribution is 2.31. The number of aromatic nitrogens is 4. The SMILES string of the molecule is Cc1cc2c(Sc3nc4ccc(N)cc4o3)nccn2n1. The Morgan fingerprint density at radius 1 is 1.29 bits per heavy atom. The number of nitrogen functional groups attached to an aromatic ring is 1. The van der Waals surface area contributed by atoms with Crippen LogP contribution in [0.5, 0.6) is 0 Å². The highest BCUT2D eigenvalue weighted by atomic mass is 32.2. The zero-order chi connectivity index (χ0) is 14.4. The second-order valence-electron chi connectivity index (χ2n) is 4.66. The lowest BCUT2D eigenvalue weighted by Crippen LogP contribution is -1.90. The Kier molecular flexibility index (Phi) is 2.61. The van der Waals surface area contributed by atoms with Crippen molar-refractivity contribution in [3.05, 3.63) is 42.4 Å². The molecule has 0 aliphatic carbocycles. The molecule has 0 aliphatic rings. The van der Waals surface area contributed by atoms with E-state index in [0.717, 1.165) is 21.8 Å². The molecule has 0 aliphatic heterocycles. The molecule has 0 saturated carbocycles. The lowest BCUT2D eigenvalue weighted by atomic mass is 10.3. The highest BCUT2D eigenvalue weighted by Gasteiger charge is 2.12. The molecule has 0 atom stereocenters. The van der Waals surface area contributed by atoms with E-state index in [2.05, 4.69) is 15.1 Å². The minimum atomic E-state index is 0.537. The van der Waals surface area contributed by atoms with Crippen molar-refractivity contribution >= 4 is 34.1 Å². The summed E-state index contributed by atoms with van der Waals surface area (Å²) in [5, 5.41) is 5.71. The van der Waals surface area contributed by atoms with Gasteiger partial charge in [-0.05, 0) is 36.9 Å². The predicted molar refractivity (Wildman–Crippen MR) is 80.3 cm³/mol. The first-order valence-corrected chi connectivity index (χ1v) is 7.15. The topological polar surface area (TPSA) is 82.2 Å².